The minimum atomic E-state index is -0.832. The molecule has 1 saturated carbocycles. The molecule has 1 aromatic rings. The highest BCUT2D eigenvalue weighted by Gasteiger charge is 2.46. The van der Waals surface area contributed by atoms with E-state index in [2.05, 4.69) is 0 Å². The maximum atomic E-state index is 13.0. The molecule has 136 valence electrons. The van der Waals surface area contributed by atoms with Crippen LogP contribution in [0.2, 0.25) is 0 Å². The van der Waals surface area contributed by atoms with Gasteiger partial charge in [0.25, 0.3) is 0 Å². The monoisotopic (exact) mass is 345 g/mol. The van der Waals surface area contributed by atoms with Gasteiger partial charge in [-0.2, -0.15) is 0 Å². The molecule has 0 atom stereocenters. The number of carboxylic acids is 1. The summed E-state index contributed by atoms with van der Waals surface area (Å²) in [7, 11) is 0. The molecule has 1 aliphatic heterocycles. The number of amides is 1. The highest BCUT2D eigenvalue weighted by atomic mass is 16.5. The number of rotatable bonds is 7. The van der Waals surface area contributed by atoms with Crippen LogP contribution in [0, 0.1) is 11.3 Å². The fourth-order valence-corrected chi connectivity index (χ4v) is 3.77. The Morgan fingerprint density at radius 1 is 1.16 bits per heavy atom. The standard InChI is InChI=1S/C20H27NO4/c22-18(13-20(19(23)24)9-4-10-20)21(14-16-5-2-1-3-6-16)15-17-7-11-25-12-8-17/h1-3,5-6,17H,4,7-15H2,(H,23,24). The Morgan fingerprint density at radius 3 is 2.40 bits per heavy atom. The molecule has 1 heterocycles. The second-order valence-electron chi connectivity index (χ2n) is 7.43. The van der Waals surface area contributed by atoms with Crippen molar-refractivity contribution in [2.24, 2.45) is 11.3 Å². The highest BCUT2D eigenvalue weighted by molar-refractivity contribution is 5.85. The number of carbonyl (C=O) groups is 2. The fourth-order valence-electron chi connectivity index (χ4n) is 3.77. The Bertz CT molecular complexity index is 591. The van der Waals surface area contributed by atoms with E-state index in [1.807, 2.05) is 35.2 Å². The van der Waals surface area contributed by atoms with E-state index in [1.165, 1.54) is 0 Å². The number of nitrogens with zero attached hydrogens (tertiary/aromatic N) is 1. The molecule has 1 N–H and O–H groups in total. The lowest BCUT2D eigenvalue weighted by Gasteiger charge is -2.39. The number of benzene rings is 1. The number of ether oxygens (including phenoxy) is 1. The Morgan fingerprint density at radius 2 is 1.84 bits per heavy atom. The molecule has 0 spiro atoms. The van der Waals surface area contributed by atoms with Crippen LogP contribution in [0.1, 0.15) is 44.1 Å². The molecule has 3 rings (SSSR count). The van der Waals surface area contributed by atoms with Crippen LogP contribution in [0.4, 0.5) is 0 Å². The first-order valence-corrected chi connectivity index (χ1v) is 9.22. The van der Waals surface area contributed by atoms with Crippen molar-refractivity contribution in [3.63, 3.8) is 0 Å². The van der Waals surface area contributed by atoms with Gasteiger partial charge in [0.05, 0.1) is 5.41 Å². The molecule has 2 aliphatic rings. The van der Waals surface area contributed by atoms with Gasteiger partial charge in [-0.15, -0.1) is 0 Å². The van der Waals surface area contributed by atoms with Gasteiger partial charge in [-0.05, 0) is 37.2 Å². The predicted molar refractivity (Wildman–Crippen MR) is 93.9 cm³/mol. The molecule has 1 saturated heterocycles. The lowest BCUT2D eigenvalue weighted by atomic mass is 9.66. The van der Waals surface area contributed by atoms with Gasteiger partial charge in [0.2, 0.25) is 5.91 Å². The number of hydrogen-bond donors (Lipinski definition) is 1. The minimum absolute atomic E-state index is 0.0301. The van der Waals surface area contributed by atoms with Gasteiger partial charge in [-0.25, -0.2) is 0 Å². The number of carbonyl (C=O) groups excluding carboxylic acids is 1. The first-order chi connectivity index (χ1) is 12.1. The topological polar surface area (TPSA) is 66.8 Å². The smallest absolute Gasteiger partial charge is 0.310 e. The van der Waals surface area contributed by atoms with E-state index in [1.54, 1.807) is 0 Å². The maximum absolute atomic E-state index is 13.0. The molecule has 25 heavy (non-hydrogen) atoms. The fraction of sp³-hybridized carbons (Fsp3) is 0.600. The molecule has 0 unspecified atom stereocenters. The van der Waals surface area contributed by atoms with Crippen molar-refractivity contribution >= 4 is 11.9 Å². The van der Waals surface area contributed by atoms with E-state index in [-0.39, 0.29) is 12.3 Å². The van der Waals surface area contributed by atoms with Crippen LogP contribution in [0.3, 0.4) is 0 Å². The van der Waals surface area contributed by atoms with Crippen molar-refractivity contribution in [1.82, 2.24) is 4.90 Å². The molecule has 1 aliphatic carbocycles. The van der Waals surface area contributed by atoms with Gasteiger partial charge < -0.3 is 14.7 Å². The van der Waals surface area contributed by atoms with Crippen LogP contribution in [0.5, 0.6) is 0 Å². The van der Waals surface area contributed by atoms with E-state index >= 15 is 0 Å². The zero-order valence-electron chi connectivity index (χ0n) is 14.7. The lowest BCUT2D eigenvalue weighted by molar-refractivity contribution is -0.160. The molecule has 2 fully saturated rings. The summed E-state index contributed by atoms with van der Waals surface area (Å²) >= 11 is 0. The van der Waals surface area contributed by atoms with E-state index < -0.39 is 11.4 Å². The quantitative estimate of drug-likeness (QED) is 0.825. The summed E-state index contributed by atoms with van der Waals surface area (Å²) in [5.41, 5.74) is 0.253. The molecular weight excluding hydrogens is 318 g/mol. The third-order valence-corrected chi connectivity index (χ3v) is 5.64. The molecule has 0 bridgehead atoms. The van der Waals surface area contributed by atoms with Crippen LogP contribution in [-0.4, -0.2) is 41.6 Å². The first-order valence-electron chi connectivity index (χ1n) is 9.22. The van der Waals surface area contributed by atoms with Crippen molar-refractivity contribution in [3.05, 3.63) is 35.9 Å². The molecule has 0 radical (unpaired) electrons. The van der Waals surface area contributed by atoms with Gasteiger partial charge in [0.15, 0.2) is 0 Å². The van der Waals surface area contributed by atoms with Gasteiger partial charge in [0, 0.05) is 32.7 Å². The Balaban J connectivity index is 1.70. The van der Waals surface area contributed by atoms with Crippen molar-refractivity contribution in [3.8, 4) is 0 Å². The van der Waals surface area contributed by atoms with Crippen LogP contribution in [-0.2, 0) is 20.9 Å². The van der Waals surface area contributed by atoms with Gasteiger partial charge in [0.1, 0.15) is 0 Å². The zero-order chi connectivity index (χ0) is 17.7. The second kappa shape index (κ2) is 8.00. The summed E-state index contributed by atoms with van der Waals surface area (Å²) in [5, 5.41) is 9.54. The zero-order valence-corrected chi connectivity index (χ0v) is 14.7. The van der Waals surface area contributed by atoms with Gasteiger partial charge >= 0.3 is 5.97 Å². The SMILES string of the molecule is O=C(CC1(C(=O)O)CCC1)N(Cc1ccccc1)CC1CCOCC1. The molecule has 0 aromatic heterocycles. The summed E-state index contributed by atoms with van der Waals surface area (Å²) in [4.78, 5) is 26.5. The lowest BCUT2D eigenvalue weighted by Crippen LogP contribution is -2.45. The molecule has 1 amide bonds. The van der Waals surface area contributed by atoms with Crippen LogP contribution in [0.25, 0.3) is 0 Å². The third-order valence-electron chi connectivity index (χ3n) is 5.64. The summed E-state index contributed by atoms with van der Waals surface area (Å²) in [6.07, 6.45) is 4.18. The van der Waals surface area contributed by atoms with Crippen molar-refractivity contribution in [2.75, 3.05) is 19.8 Å². The van der Waals surface area contributed by atoms with E-state index in [0.29, 0.717) is 31.8 Å². The van der Waals surface area contributed by atoms with Crippen LogP contribution in [0.15, 0.2) is 30.3 Å². The molecule has 1 aromatic carbocycles. The normalized spacial score (nSPS) is 19.8. The molecular formula is C20H27NO4. The third kappa shape index (κ3) is 4.40. The van der Waals surface area contributed by atoms with Crippen LogP contribution < -0.4 is 0 Å². The van der Waals surface area contributed by atoms with E-state index in [0.717, 1.165) is 38.0 Å². The number of carboxylic acid groups (broad SMARTS) is 1. The Hall–Kier alpha value is -1.88. The number of aliphatic carboxylic acids is 1. The Kier molecular flexibility index (Phi) is 5.74. The highest BCUT2D eigenvalue weighted by Crippen LogP contribution is 2.44. The average Bonchev–Trinajstić information content (AvgIpc) is 2.59. The molecule has 5 heteroatoms. The summed E-state index contributed by atoms with van der Waals surface area (Å²) in [5.74, 6) is -0.418. The summed E-state index contributed by atoms with van der Waals surface area (Å²) in [6, 6.07) is 9.93. The van der Waals surface area contributed by atoms with E-state index in [4.69, 9.17) is 4.74 Å². The van der Waals surface area contributed by atoms with Crippen molar-refractivity contribution in [2.45, 2.75) is 45.1 Å². The van der Waals surface area contributed by atoms with Crippen molar-refractivity contribution < 1.29 is 19.4 Å². The minimum Gasteiger partial charge on any atom is -0.481 e. The van der Waals surface area contributed by atoms with E-state index in [9.17, 15) is 14.7 Å². The van der Waals surface area contributed by atoms with Gasteiger partial charge in [-0.1, -0.05) is 36.8 Å². The van der Waals surface area contributed by atoms with Crippen molar-refractivity contribution in [1.29, 1.82) is 0 Å². The number of hydrogen-bond acceptors (Lipinski definition) is 3. The van der Waals surface area contributed by atoms with Crippen LogP contribution >= 0.6 is 0 Å². The van der Waals surface area contributed by atoms with Gasteiger partial charge in [-0.3, -0.25) is 9.59 Å². The second-order valence-corrected chi connectivity index (χ2v) is 7.43. The summed E-state index contributed by atoms with van der Waals surface area (Å²) in [6.45, 7) is 2.73. The predicted octanol–water partition coefficient (Wildman–Crippen LogP) is 3.09. The maximum Gasteiger partial charge on any atom is 0.310 e. The molecule has 5 nitrogen and oxygen atoms in total. The summed E-state index contributed by atoms with van der Waals surface area (Å²) < 4.78 is 5.42. The average molecular weight is 345 g/mol. The largest absolute Gasteiger partial charge is 0.481 e. The Labute approximate surface area is 149 Å². The first kappa shape index (κ1) is 17.9.